The van der Waals surface area contributed by atoms with Crippen molar-refractivity contribution in [3.05, 3.63) is 133 Å². The Morgan fingerprint density at radius 1 is 0.395 bits per heavy atom. The molecule has 1 nitrogen and oxygen atoms in total. The second-order valence-corrected chi connectivity index (χ2v) is 10.2. The van der Waals surface area contributed by atoms with Gasteiger partial charge in [0.15, 0.2) is 0 Å². The number of benzene rings is 7. The monoisotopic (exact) mass is 484 g/mol. The molecule has 1 heterocycles. The Morgan fingerprint density at radius 3 is 1.82 bits per heavy atom. The Balaban J connectivity index is 1.49. The van der Waals surface area contributed by atoms with Crippen LogP contribution in [0, 0.1) is 6.92 Å². The summed E-state index contributed by atoms with van der Waals surface area (Å²) in [6.45, 7) is 2.18. The van der Waals surface area contributed by atoms with Gasteiger partial charge in [-0.2, -0.15) is 0 Å². The average molecular weight is 485 g/mol. The smallest absolute Gasteiger partial charge is 0.136 e. The van der Waals surface area contributed by atoms with E-state index in [1.54, 1.807) is 0 Å². The van der Waals surface area contributed by atoms with Crippen molar-refractivity contribution in [3.63, 3.8) is 0 Å². The summed E-state index contributed by atoms with van der Waals surface area (Å²) in [6, 6.07) is 46.0. The first-order valence-electron chi connectivity index (χ1n) is 13.1. The third-order valence-corrected chi connectivity index (χ3v) is 7.87. The summed E-state index contributed by atoms with van der Waals surface area (Å²) in [5, 5.41) is 9.83. The summed E-state index contributed by atoms with van der Waals surface area (Å²) in [4.78, 5) is 0. The van der Waals surface area contributed by atoms with Gasteiger partial charge in [-0.1, -0.05) is 109 Å². The molecule has 8 aromatic rings. The van der Waals surface area contributed by atoms with Crippen LogP contribution in [-0.4, -0.2) is 0 Å². The van der Waals surface area contributed by atoms with Crippen LogP contribution in [-0.2, 0) is 0 Å². The number of hydrogen-bond acceptors (Lipinski definition) is 1. The molecule has 1 heteroatoms. The van der Waals surface area contributed by atoms with Gasteiger partial charge in [0.1, 0.15) is 11.2 Å². The van der Waals surface area contributed by atoms with Crippen molar-refractivity contribution in [2.75, 3.05) is 0 Å². The van der Waals surface area contributed by atoms with Crippen LogP contribution < -0.4 is 0 Å². The molecule has 0 fully saturated rings. The molecule has 0 atom stereocenters. The molecule has 1 aromatic heterocycles. The number of rotatable bonds is 2. The van der Waals surface area contributed by atoms with Gasteiger partial charge in [0.25, 0.3) is 0 Å². The van der Waals surface area contributed by atoms with Crippen molar-refractivity contribution in [3.8, 4) is 22.3 Å². The summed E-state index contributed by atoms with van der Waals surface area (Å²) >= 11 is 0. The summed E-state index contributed by atoms with van der Waals surface area (Å²) < 4.78 is 6.32. The van der Waals surface area contributed by atoms with E-state index < -0.39 is 0 Å². The van der Waals surface area contributed by atoms with Gasteiger partial charge in [0, 0.05) is 10.8 Å². The highest BCUT2D eigenvalue weighted by Gasteiger charge is 2.18. The van der Waals surface area contributed by atoms with Gasteiger partial charge < -0.3 is 4.42 Å². The predicted octanol–water partition coefficient (Wildman–Crippen LogP) is 10.7. The lowest BCUT2D eigenvalue weighted by atomic mass is 9.85. The van der Waals surface area contributed by atoms with Crippen LogP contribution >= 0.6 is 0 Å². The molecule has 0 aliphatic heterocycles. The molecule has 0 radical (unpaired) electrons. The van der Waals surface area contributed by atoms with Crippen LogP contribution in [0.5, 0.6) is 0 Å². The van der Waals surface area contributed by atoms with Crippen molar-refractivity contribution in [2.45, 2.75) is 6.92 Å². The zero-order valence-electron chi connectivity index (χ0n) is 21.0. The summed E-state index contributed by atoms with van der Waals surface area (Å²) in [6.07, 6.45) is 0. The van der Waals surface area contributed by atoms with E-state index >= 15 is 0 Å². The Labute approximate surface area is 220 Å². The molecule has 0 saturated carbocycles. The average Bonchev–Trinajstić information content (AvgIpc) is 3.31. The zero-order chi connectivity index (χ0) is 25.2. The Morgan fingerprint density at radius 2 is 1.03 bits per heavy atom. The molecule has 38 heavy (non-hydrogen) atoms. The van der Waals surface area contributed by atoms with E-state index in [1.165, 1.54) is 60.1 Å². The fourth-order valence-corrected chi connectivity index (χ4v) is 6.14. The van der Waals surface area contributed by atoms with Gasteiger partial charge in [-0.05, 0) is 85.8 Å². The van der Waals surface area contributed by atoms with Gasteiger partial charge >= 0.3 is 0 Å². The number of fused-ring (bicyclic) bond motifs is 6. The molecule has 0 bridgehead atoms. The summed E-state index contributed by atoms with van der Waals surface area (Å²) in [5.74, 6) is 0. The Hall–Kier alpha value is -4.88. The minimum atomic E-state index is 0.921. The van der Waals surface area contributed by atoms with Crippen LogP contribution in [0.15, 0.2) is 132 Å². The largest absolute Gasteiger partial charge is 0.456 e. The lowest BCUT2D eigenvalue weighted by Crippen LogP contribution is -1.91. The van der Waals surface area contributed by atoms with E-state index in [1.807, 2.05) is 0 Å². The van der Waals surface area contributed by atoms with Crippen molar-refractivity contribution >= 4 is 54.3 Å². The minimum absolute atomic E-state index is 0.921. The molecule has 0 spiro atoms. The zero-order valence-corrected chi connectivity index (χ0v) is 21.0. The van der Waals surface area contributed by atoms with Crippen LogP contribution in [0.3, 0.4) is 0 Å². The van der Waals surface area contributed by atoms with Gasteiger partial charge in [-0.3, -0.25) is 0 Å². The topological polar surface area (TPSA) is 13.1 Å². The van der Waals surface area contributed by atoms with Crippen molar-refractivity contribution in [1.29, 1.82) is 0 Å². The Kier molecular flexibility index (Phi) is 4.50. The highest BCUT2D eigenvalue weighted by Crippen LogP contribution is 2.45. The molecule has 178 valence electrons. The van der Waals surface area contributed by atoms with E-state index in [2.05, 4.69) is 134 Å². The van der Waals surface area contributed by atoms with Crippen LogP contribution in [0.25, 0.3) is 76.5 Å². The van der Waals surface area contributed by atoms with E-state index in [9.17, 15) is 0 Å². The maximum absolute atomic E-state index is 6.32. The molecule has 0 aliphatic carbocycles. The number of aryl methyl sites for hydroxylation is 1. The maximum atomic E-state index is 6.32. The van der Waals surface area contributed by atoms with Crippen LogP contribution in [0.1, 0.15) is 5.56 Å². The molecule has 0 amide bonds. The molecule has 0 unspecified atom stereocenters. The molecule has 7 aromatic carbocycles. The third kappa shape index (κ3) is 3.12. The SMILES string of the molecule is Cc1ccc2c(-c3ccccc3)c3ccccc3c(-c3ccc4oc5cc6ccccc6cc5c4c3)c2c1. The van der Waals surface area contributed by atoms with E-state index in [0.29, 0.717) is 0 Å². The second-order valence-electron chi connectivity index (χ2n) is 10.2. The van der Waals surface area contributed by atoms with Gasteiger partial charge in [-0.25, -0.2) is 0 Å². The summed E-state index contributed by atoms with van der Waals surface area (Å²) in [7, 11) is 0. The van der Waals surface area contributed by atoms with Crippen LogP contribution in [0.2, 0.25) is 0 Å². The minimum Gasteiger partial charge on any atom is -0.456 e. The molecule has 0 N–H and O–H groups in total. The normalized spacial score (nSPS) is 11.8. The van der Waals surface area contributed by atoms with Gasteiger partial charge in [0.05, 0.1) is 0 Å². The first-order valence-corrected chi connectivity index (χ1v) is 13.1. The predicted molar refractivity (Wildman–Crippen MR) is 162 cm³/mol. The lowest BCUT2D eigenvalue weighted by Gasteiger charge is -2.18. The first kappa shape index (κ1) is 21.2. The highest BCUT2D eigenvalue weighted by atomic mass is 16.3. The lowest BCUT2D eigenvalue weighted by molar-refractivity contribution is 0.669. The molecular weight excluding hydrogens is 460 g/mol. The van der Waals surface area contributed by atoms with E-state index in [4.69, 9.17) is 4.42 Å². The fraction of sp³-hybridized carbons (Fsp3) is 0.0270. The summed E-state index contributed by atoms with van der Waals surface area (Å²) in [5.41, 5.74) is 8.13. The van der Waals surface area contributed by atoms with Gasteiger partial charge in [0.2, 0.25) is 0 Å². The highest BCUT2D eigenvalue weighted by molar-refractivity contribution is 6.22. The van der Waals surface area contributed by atoms with Crippen molar-refractivity contribution in [1.82, 2.24) is 0 Å². The number of hydrogen-bond donors (Lipinski definition) is 0. The molecule has 8 rings (SSSR count). The fourth-order valence-electron chi connectivity index (χ4n) is 6.14. The van der Waals surface area contributed by atoms with E-state index in [0.717, 1.165) is 21.9 Å². The maximum Gasteiger partial charge on any atom is 0.136 e. The van der Waals surface area contributed by atoms with Crippen molar-refractivity contribution in [2.24, 2.45) is 0 Å². The Bertz CT molecular complexity index is 2180. The van der Waals surface area contributed by atoms with E-state index in [-0.39, 0.29) is 0 Å². The van der Waals surface area contributed by atoms with Crippen molar-refractivity contribution < 1.29 is 4.42 Å². The molecule has 0 aliphatic rings. The number of furan rings is 1. The van der Waals surface area contributed by atoms with Crippen LogP contribution in [0.4, 0.5) is 0 Å². The molecular formula is C37H24O. The quantitative estimate of drug-likeness (QED) is 0.222. The standard InChI is InChI=1S/C37H24O/c1-23-15-17-30-33(19-23)37(29-14-8-7-13-28(29)36(30)24-9-3-2-4-10-24)27-16-18-34-31(21-27)32-20-25-11-5-6-12-26(25)22-35(32)38-34/h2-22H,1H3. The first-order chi connectivity index (χ1) is 18.7. The molecule has 0 saturated heterocycles. The third-order valence-electron chi connectivity index (χ3n) is 7.87. The van der Waals surface area contributed by atoms with Gasteiger partial charge in [-0.15, -0.1) is 0 Å². The second kappa shape index (κ2) is 8.06.